The highest BCUT2D eigenvalue weighted by Gasteiger charge is 2.18. The minimum Gasteiger partial charge on any atom is -0.394 e. The molecule has 0 aliphatic heterocycles. The van der Waals surface area contributed by atoms with Crippen molar-refractivity contribution in [2.45, 2.75) is 10.9 Å². The fourth-order valence-electron chi connectivity index (χ4n) is 2.03. The summed E-state index contributed by atoms with van der Waals surface area (Å²) in [7, 11) is 0. The Hall–Kier alpha value is -1.56. The highest BCUT2D eigenvalue weighted by Crippen LogP contribution is 2.23. The van der Waals surface area contributed by atoms with Crippen molar-refractivity contribution in [1.82, 2.24) is 5.32 Å². The Balaban J connectivity index is 2.22. The molecular weight excluding hydrogens is 325 g/mol. The first kappa shape index (κ1) is 16.8. The summed E-state index contributed by atoms with van der Waals surface area (Å²) in [5.74, 6) is -0.907. The van der Waals surface area contributed by atoms with Gasteiger partial charge in [-0.25, -0.2) is 4.39 Å². The first-order chi connectivity index (χ1) is 10.6. The van der Waals surface area contributed by atoms with Gasteiger partial charge in [-0.3, -0.25) is 4.79 Å². The standard InChI is InChI=1S/C16H15ClFNO2S/c1-22-15-5-3-2-4-11(15)16(21)19-14(9-20)10-6-7-12(17)13(18)8-10/h2-8,14,20H,9H2,1H3,(H,19,21). The zero-order valence-corrected chi connectivity index (χ0v) is 13.4. The molecule has 0 radical (unpaired) electrons. The van der Waals surface area contributed by atoms with Gasteiger partial charge in [-0.15, -0.1) is 11.8 Å². The second-order valence-corrected chi connectivity index (χ2v) is 5.84. The molecule has 0 aliphatic carbocycles. The van der Waals surface area contributed by atoms with Crippen molar-refractivity contribution < 1.29 is 14.3 Å². The van der Waals surface area contributed by atoms with E-state index in [9.17, 15) is 14.3 Å². The van der Waals surface area contributed by atoms with Crippen LogP contribution in [0.25, 0.3) is 0 Å². The number of thioether (sulfide) groups is 1. The van der Waals surface area contributed by atoms with Crippen molar-refractivity contribution in [3.05, 3.63) is 64.4 Å². The summed E-state index contributed by atoms with van der Waals surface area (Å²) < 4.78 is 13.5. The molecule has 2 aromatic rings. The van der Waals surface area contributed by atoms with Crippen molar-refractivity contribution in [2.24, 2.45) is 0 Å². The SMILES string of the molecule is CSc1ccccc1C(=O)NC(CO)c1ccc(Cl)c(F)c1. The first-order valence-electron chi connectivity index (χ1n) is 6.56. The van der Waals surface area contributed by atoms with Gasteiger partial charge in [0, 0.05) is 4.90 Å². The number of rotatable bonds is 5. The molecule has 1 amide bonds. The van der Waals surface area contributed by atoms with Crippen molar-refractivity contribution in [3.8, 4) is 0 Å². The van der Waals surface area contributed by atoms with Crippen molar-refractivity contribution >= 4 is 29.3 Å². The van der Waals surface area contributed by atoms with Crippen LogP contribution in [0.5, 0.6) is 0 Å². The summed E-state index contributed by atoms with van der Waals surface area (Å²) >= 11 is 7.10. The molecular formula is C16H15ClFNO2S. The number of nitrogens with one attached hydrogen (secondary N) is 1. The van der Waals surface area contributed by atoms with Crippen LogP contribution in [0.15, 0.2) is 47.4 Å². The van der Waals surface area contributed by atoms with Gasteiger partial charge in [0.2, 0.25) is 0 Å². The predicted molar refractivity (Wildman–Crippen MR) is 86.9 cm³/mol. The highest BCUT2D eigenvalue weighted by molar-refractivity contribution is 7.98. The summed E-state index contributed by atoms with van der Waals surface area (Å²) in [5.41, 5.74) is 0.974. The summed E-state index contributed by atoms with van der Waals surface area (Å²) in [5, 5.41) is 12.2. The molecule has 0 fully saturated rings. The zero-order chi connectivity index (χ0) is 16.1. The number of carbonyl (C=O) groups excluding carboxylic acids is 1. The third-order valence-electron chi connectivity index (χ3n) is 3.19. The lowest BCUT2D eigenvalue weighted by molar-refractivity contribution is 0.0913. The molecule has 1 atom stereocenters. The highest BCUT2D eigenvalue weighted by atomic mass is 35.5. The number of carbonyl (C=O) groups is 1. The number of hydrogen-bond acceptors (Lipinski definition) is 3. The lowest BCUT2D eigenvalue weighted by atomic mass is 10.1. The van der Waals surface area contributed by atoms with E-state index in [4.69, 9.17) is 11.6 Å². The third kappa shape index (κ3) is 3.80. The van der Waals surface area contributed by atoms with Gasteiger partial charge in [0.1, 0.15) is 5.82 Å². The van der Waals surface area contributed by atoms with Gasteiger partial charge < -0.3 is 10.4 Å². The van der Waals surface area contributed by atoms with Crippen LogP contribution < -0.4 is 5.32 Å². The number of halogens is 2. The quantitative estimate of drug-likeness (QED) is 0.817. The molecule has 116 valence electrons. The van der Waals surface area contributed by atoms with Crippen LogP contribution in [0.1, 0.15) is 22.0 Å². The van der Waals surface area contributed by atoms with Gasteiger partial charge in [-0.2, -0.15) is 0 Å². The van der Waals surface area contributed by atoms with Gasteiger partial charge in [0.25, 0.3) is 5.91 Å². The van der Waals surface area contributed by atoms with E-state index in [0.29, 0.717) is 11.1 Å². The second-order valence-electron chi connectivity index (χ2n) is 4.58. The molecule has 2 aromatic carbocycles. The van der Waals surface area contributed by atoms with Crippen molar-refractivity contribution in [2.75, 3.05) is 12.9 Å². The van der Waals surface area contributed by atoms with Gasteiger partial charge in [0.05, 0.1) is 23.2 Å². The fraction of sp³-hybridized carbons (Fsp3) is 0.188. The summed E-state index contributed by atoms with van der Waals surface area (Å²) in [4.78, 5) is 13.2. The Morgan fingerprint density at radius 2 is 2.09 bits per heavy atom. The van der Waals surface area contributed by atoms with E-state index in [0.717, 1.165) is 4.90 Å². The van der Waals surface area contributed by atoms with E-state index in [-0.39, 0.29) is 17.5 Å². The zero-order valence-electron chi connectivity index (χ0n) is 11.8. The Bertz CT molecular complexity index is 681. The monoisotopic (exact) mass is 339 g/mol. The second kappa shape index (κ2) is 7.63. The van der Waals surface area contributed by atoms with Gasteiger partial charge in [-0.1, -0.05) is 29.8 Å². The summed E-state index contributed by atoms with van der Waals surface area (Å²) in [6, 6.07) is 10.7. The van der Waals surface area contributed by atoms with Gasteiger partial charge in [-0.05, 0) is 36.1 Å². The Morgan fingerprint density at radius 3 is 2.73 bits per heavy atom. The fourth-order valence-corrected chi connectivity index (χ4v) is 2.74. The van der Waals surface area contributed by atoms with Crippen LogP contribution in [-0.2, 0) is 0 Å². The largest absolute Gasteiger partial charge is 0.394 e. The lowest BCUT2D eigenvalue weighted by Crippen LogP contribution is -2.31. The van der Waals surface area contributed by atoms with Crippen molar-refractivity contribution in [1.29, 1.82) is 0 Å². The first-order valence-corrected chi connectivity index (χ1v) is 8.16. The molecule has 0 spiro atoms. The molecule has 22 heavy (non-hydrogen) atoms. The van der Waals surface area contributed by atoms with Crippen LogP contribution >= 0.6 is 23.4 Å². The van der Waals surface area contributed by atoms with E-state index in [1.54, 1.807) is 18.2 Å². The summed E-state index contributed by atoms with van der Waals surface area (Å²) in [6.07, 6.45) is 1.88. The minimum atomic E-state index is -0.700. The van der Waals surface area contributed by atoms with Crippen LogP contribution in [0.3, 0.4) is 0 Å². The number of aliphatic hydroxyl groups is 1. The molecule has 0 bridgehead atoms. The molecule has 0 saturated heterocycles. The Labute approximate surface area is 137 Å². The predicted octanol–water partition coefficient (Wildman–Crippen LogP) is 3.66. The van der Waals surface area contributed by atoms with E-state index in [1.807, 2.05) is 18.4 Å². The van der Waals surface area contributed by atoms with Crippen LogP contribution in [0.2, 0.25) is 5.02 Å². The maximum atomic E-state index is 13.5. The lowest BCUT2D eigenvalue weighted by Gasteiger charge is -2.18. The van der Waals surface area contributed by atoms with E-state index in [1.165, 1.54) is 23.9 Å². The molecule has 2 rings (SSSR count). The molecule has 2 N–H and O–H groups in total. The van der Waals surface area contributed by atoms with E-state index >= 15 is 0 Å². The maximum absolute atomic E-state index is 13.5. The molecule has 0 saturated carbocycles. The third-order valence-corrected chi connectivity index (χ3v) is 4.29. The van der Waals surface area contributed by atoms with Crippen LogP contribution in [-0.4, -0.2) is 23.9 Å². The van der Waals surface area contributed by atoms with Crippen LogP contribution in [0.4, 0.5) is 4.39 Å². The molecule has 0 heterocycles. The van der Waals surface area contributed by atoms with Gasteiger partial charge >= 0.3 is 0 Å². The molecule has 3 nitrogen and oxygen atoms in total. The number of benzene rings is 2. The van der Waals surface area contributed by atoms with E-state index < -0.39 is 11.9 Å². The molecule has 0 aliphatic rings. The molecule has 6 heteroatoms. The van der Waals surface area contributed by atoms with Crippen LogP contribution in [0, 0.1) is 5.82 Å². The van der Waals surface area contributed by atoms with E-state index in [2.05, 4.69) is 5.32 Å². The normalized spacial score (nSPS) is 12.0. The topological polar surface area (TPSA) is 49.3 Å². The maximum Gasteiger partial charge on any atom is 0.252 e. The van der Waals surface area contributed by atoms with Crippen molar-refractivity contribution in [3.63, 3.8) is 0 Å². The molecule has 0 aromatic heterocycles. The minimum absolute atomic E-state index is 0.000468. The molecule has 1 unspecified atom stereocenters. The number of aliphatic hydroxyl groups excluding tert-OH is 1. The average Bonchev–Trinajstić information content (AvgIpc) is 2.55. The smallest absolute Gasteiger partial charge is 0.252 e. The Morgan fingerprint density at radius 1 is 1.36 bits per heavy atom. The summed E-state index contributed by atoms with van der Waals surface area (Å²) in [6.45, 7) is -0.339. The number of hydrogen-bond donors (Lipinski definition) is 2. The van der Waals surface area contributed by atoms with Gasteiger partial charge in [0.15, 0.2) is 0 Å². The Kier molecular flexibility index (Phi) is 5.83. The number of amides is 1. The average molecular weight is 340 g/mol.